The van der Waals surface area contributed by atoms with E-state index in [1.54, 1.807) is 0 Å². The molecule has 0 aliphatic carbocycles. The minimum absolute atomic E-state index is 0.330. The Morgan fingerprint density at radius 3 is 1.91 bits per heavy atom. The van der Waals surface area contributed by atoms with Gasteiger partial charge in [-0.1, -0.05) is 66.7 Å². The van der Waals surface area contributed by atoms with Crippen LogP contribution in [0.25, 0.3) is 0 Å². The third kappa shape index (κ3) is 4.48. The first kappa shape index (κ1) is 20.9. The second kappa shape index (κ2) is 9.69. The smallest absolute Gasteiger partial charge is 0.0991 e. The molecule has 0 amide bonds. The average molecular weight is 422 g/mol. The van der Waals surface area contributed by atoms with Crippen LogP contribution in [0.4, 0.5) is 0 Å². The van der Waals surface area contributed by atoms with Crippen LogP contribution in [-0.4, -0.2) is 42.0 Å². The summed E-state index contributed by atoms with van der Waals surface area (Å²) in [6.07, 6.45) is 4.59. The number of hydrogen-bond acceptors (Lipinski definition) is 3. The Balaban J connectivity index is 1.27. The van der Waals surface area contributed by atoms with Gasteiger partial charge in [-0.05, 0) is 60.1 Å². The largest absolute Gasteiger partial charge is 0.300 e. The second-order valence-electron chi connectivity index (χ2n) is 9.12. The molecule has 0 N–H and O–H groups in total. The van der Waals surface area contributed by atoms with Gasteiger partial charge in [0.25, 0.3) is 0 Å². The molecule has 5 rings (SSSR count). The lowest BCUT2D eigenvalue weighted by Gasteiger charge is -2.41. The van der Waals surface area contributed by atoms with Gasteiger partial charge in [-0.25, -0.2) is 0 Å². The lowest BCUT2D eigenvalue weighted by molar-refractivity contribution is 0.0954. The molecule has 2 heterocycles. The lowest BCUT2D eigenvalue weighted by atomic mass is 9.93. The van der Waals surface area contributed by atoms with Crippen LogP contribution < -0.4 is 0 Å². The molecule has 0 spiro atoms. The van der Waals surface area contributed by atoms with E-state index in [0.717, 1.165) is 44.6 Å². The third-order valence-corrected chi connectivity index (χ3v) is 7.28. The van der Waals surface area contributed by atoms with Crippen LogP contribution in [-0.2, 0) is 12.8 Å². The van der Waals surface area contributed by atoms with Crippen molar-refractivity contribution >= 4 is 0 Å². The minimum Gasteiger partial charge on any atom is -0.300 e. The Morgan fingerprint density at radius 2 is 1.31 bits per heavy atom. The Bertz CT molecular complexity index is 1020. The molecule has 3 nitrogen and oxygen atoms in total. The van der Waals surface area contributed by atoms with Gasteiger partial charge in [0.1, 0.15) is 0 Å². The lowest BCUT2D eigenvalue weighted by Crippen LogP contribution is -2.46. The Kier molecular flexibility index (Phi) is 6.34. The van der Waals surface area contributed by atoms with Gasteiger partial charge < -0.3 is 0 Å². The summed E-state index contributed by atoms with van der Waals surface area (Å²) < 4.78 is 0. The molecule has 2 aliphatic rings. The van der Waals surface area contributed by atoms with Crippen LogP contribution in [0, 0.1) is 11.3 Å². The first-order chi connectivity index (χ1) is 15.8. The van der Waals surface area contributed by atoms with Crippen molar-refractivity contribution in [1.29, 1.82) is 5.26 Å². The van der Waals surface area contributed by atoms with Crippen LogP contribution in [0.1, 0.15) is 46.7 Å². The predicted molar refractivity (Wildman–Crippen MR) is 129 cm³/mol. The van der Waals surface area contributed by atoms with Gasteiger partial charge in [-0.15, -0.1) is 0 Å². The summed E-state index contributed by atoms with van der Waals surface area (Å²) in [5, 5.41) is 9.23. The average Bonchev–Trinajstić information content (AvgIpc) is 3.08. The summed E-state index contributed by atoms with van der Waals surface area (Å²) in [6.45, 7) is 4.49. The van der Waals surface area contributed by atoms with Gasteiger partial charge in [0, 0.05) is 32.2 Å². The molecule has 1 fully saturated rings. The molecule has 1 saturated heterocycles. The number of nitrogens with zero attached hydrogens (tertiary/aromatic N) is 3. The van der Waals surface area contributed by atoms with E-state index in [1.165, 1.54) is 35.1 Å². The monoisotopic (exact) mass is 421 g/mol. The van der Waals surface area contributed by atoms with E-state index in [4.69, 9.17) is 0 Å². The normalized spacial score (nSPS) is 18.1. The maximum Gasteiger partial charge on any atom is 0.0991 e. The van der Waals surface area contributed by atoms with Crippen LogP contribution in [0.3, 0.4) is 0 Å². The Morgan fingerprint density at radius 1 is 0.719 bits per heavy atom. The van der Waals surface area contributed by atoms with Crippen molar-refractivity contribution in [2.45, 2.75) is 37.8 Å². The van der Waals surface area contributed by atoms with Crippen LogP contribution in [0.15, 0.2) is 78.9 Å². The van der Waals surface area contributed by atoms with E-state index in [2.05, 4.69) is 88.7 Å². The first-order valence-electron chi connectivity index (χ1n) is 11.9. The summed E-state index contributed by atoms with van der Waals surface area (Å²) in [5.41, 5.74) is 6.36. The molecule has 0 atom stereocenters. The zero-order valence-electron chi connectivity index (χ0n) is 18.7. The summed E-state index contributed by atoms with van der Waals surface area (Å²) in [7, 11) is 0. The van der Waals surface area contributed by atoms with Crippen LogP contribution in [0.2, 0.25) is 0 Å². The van der Waals surface area contributed by atoms with E-state index in [1.807, 2.05) is 6.07 Å². The summed E-state index contributed by atoms with van der Waals surface area (Å²) in [6, 6.07) is 31.4. The molecule has 0 radical (unpaired) electrons. The van der Waals surface area contributed by atoms with Gasteiger partial charge in [-0.2, -0.15) is 5.26 Å². The molecule has 3 aromatic carbocycles. The van der Waals surface area contributed by atoms with Crippen molar-refractivity contribution in [3.63, 3.8) is 0 Å². The molecule has 0 aromatic heterocycles. The fourth-order valence-electron chi connectivity index (χ4n) is 5.57. The summed E-state index contributed by atoms with van der Waals surface area (Å²) in [5.74, 6) is 0. The van der Waals surface area contributed by atoms with Crippen molar-refractivity contribution in [3.05, 3.63) is 107 Å². The molecular weight excluding hydrogens is 390 g/mol. The topological polar surface area (TPSA) is 30.3 Å². The van der Waals surface area contributed by atoms with Crippen molar-refractivity contribution < 1.29 is 0 Å². The quantitative estimate of drug-likeness (QED) is 0.579. The van der Waals surface area contributed by atoms with Crippen LogP contribution >= 0.6 is 0 Å². The van der Waals surface area contributed by atoms with Gasteiger partial charge in [-0.3, -0.25) is 9.80 Å². The van der Waals surface area contributed by atoms with E-state index in [9.17, 15) is 5.26 Å². The molecule has 0 unspecified atom stereocenters. The molecule has 32 heavy (non-hydrogen) atoms. The fraction of sp³-hybridized carbons (Fsp3) is 0.345. The standard InChI is InChI=1S/C29H31N3/c30-22-23-11-12-24-13-17-31(18-14-27(24)21-23)28-15-19-32(20-16-28)29(25-7-3-1-4-8-25)26-9-5-2-6-10-26/h1-12,21,28-29H,13-20H2. The summed E-state index contributed by atoms with van der Waals surface area (Å²) >= 11 is 0. The highest BCUT2D eigenvalue weighted by molar-refractivity contribution is 5.39. The molecule has 3 heteroatoms. The van der Waals surface area contributed by atoms with E-state index in [0.29, 0.717) is 12.1 Å². The maximum atomic E-state index is 9.23. The molecule has 0 saturated carbocycles. The number of likely N-dealkylation sites (tertiary alicyclic amines) is 1. The number of rotatable bonds is 4. The van der Waals surface area contributed by atoms with Crippen molar-refractivity contribution in [3.8, 4) is 6.07 Å². The number of hydrogen-bond donors (Lipinski definition) is 0. The minimum atomic E-state index is 0.330. The maximum absolute atomic E-state index is 9.23. The highest BCUT2D eigenvalue weighted by atomic mass is 15.2. The Hall–Kier alpha value is -2.93. The predicted octanol–water partition coefficient (Wildman–Crippen LogP) is 5.21. The van der Waals surface area contributed by atoms with Crippen molar-refractivity contribution in [2.24, 2.45) is 0 Å². The van der Waals surface area contributed by atoms with Crippen molar-refractivity contribution in [1.82, 2.24) is 9.80 Å². The molecule has 0 bridgehead atoms. The molecule has 2 aliphatic heterocycles. The molecule has 3 aromatic rings. The van der Waals surface area contributed by atoms with Gasteiger partial charge in [0.15, 0.2) is 0 Å². The van der Waals surface area contributed by atoms with Gasteiger partial charge >= 0.3 is 0 Å². The number of fused-ring (bicyclic) bond motifs is 1. The van der Waals surface area contributed by atoms with Crippen LogP contribution in [0.5, 0.6) is 0 Å². The van der Waals surface area contributed by atoms with E-state index < -0.39 is 0 Å². The van der Waals surface area contributed by atoms with Gasteiger partial charge in [0.05, 0.1) is 17.7 Å². The highest BCUT2D eigenvalue weighted by Gasteiger charge is 2.30. The third-order valence-electron chi connectivity index (χ3n) is 7.28. The number of piperidine rings is 1. The number of benzene rings is 3. The SMILES string of the molecule is N#Cc1ccc2c(c1)CCN(C1CCN(C(c3ccccc3)c3ccccc3)CC1)CC2. The first-order valence-corrected chi connectivity index (χ1v) is 11.9. The Labute approximate surface area is 191 Å². The van der Waals surface area contributed by atoms with E-state index >= 15 is 0 Å². The number of nitriles is 1. The summed E-state index contributed by atoms with van der Waals surface area (Å²) in [4.78, 5) is 5.39. The highest BCUT2D eigenvalue weighted by Crippen LogP contribution is 2.32. The molecular formula is C29H31N3. The molecule has 162 valence electrons. The zero-order chi connectivity index (χ0) is 21.8. The fourth-order valence-corrected chi connectivity index (χ4v) is 5.57. The second-order valence-corrected chi connectivity index (χ2v) is 9.12. The van der Waals surface area contributed by atoms with Gasteiger partial charge in [0.2, 0.25) is 0 Å². The zero-order valence-corrected chi connectivity index (χ0v) is 18.7. The van der Waals surface area contributed by atoms with Crippen molar-refractivity contribution in [2.75, 3.05) is 26.2 Å². The van der Waals surface area contributed by atoms with E-state index in [-0.39, 0.29) is 0 Å².